The van der Waals surface area contributed by atoms with Gasteiger partial charge in [-0.15, -0.1) is 0 Å². The molecule has 0 bridgehead atoms. The summed E-state index contributed by atoms with van der Waals surface area (Å²) in [6.45, 7) is 2.92. The fourth-order valence-corrected chi connectivity index (χ4v) is 2.98. The molecule has 0 saturated carbocycles. The van der Waals surface area contributed by atoms with Gasteiger partial charge >= 0.3 is 0 Å². The Morgan fingerprint density at radius 3 is 3.00 bits per heavy atom. The van der Waals surface area contributed by atoms with E-state index in [1.165, 1.54) is 0 Å². The van der Waals surface area contributed by atoms with Gasteiger partial charge in [0.2, 0.25) is 11.8 Å². The van der Waals surface area contributed by atoms with Crippen molar-refractivity contribution < 1.29 is 9.59 Å². The summed E-state index contributed by atoms with van der Waals surface area (Å²) in [6.07, 6.45) is 3.27. The third-order valence-electron chi connectivity index (χ3n) is 4.26. The number of anilines is 1. The maximum atomic E-state index is 12.1. The van der Waals surface area contributed by atoms with Crippen molar-refractivity contribution in [2.24, 2.45) is 0 Å². The number of hydrogen-bond donors (Lipinski definition) is 3. The van der Waals surface area contributed by atoms with Crippen LogP contribution in [0, 0.1) is 0 Å². The third-order valence-corrected chi connectivity index (χ3v) is 4.26. The summed E-state index contributed by atoms with van der Waals surface area (Å²) in [4.78, 5) is 23.5. The van der Waals surface area contributed by atoms with Crippen molar-refractivity contribution in [1.82, 2.24) is 10.6 Å². The van der Waals surface area contributed by atoms with Gasteiger partial charge in [0.15, 0.2) is 0 Å². The Labute approximate surface area is 124 Å². The number of hydrogen-bond acceptors (Lipinski definition) is 3. The van der Waals surface area contributed by atoms with E-state index in [4.69, 9.17) is 0 Å². The van der Waals surface area contributed by atoms with E-state index >= 15 is 0 Å². The molecule has 1 fully saturated rings. The first-order valence-electron chi connectivity index (χ1n) is 7.60. The maximum Gasteiger partial charge on any atom is 0.237 e. The monoisotopic (exact) mass is 287 g/mol. The van der Waals surface area contributed by atoms with Gasteiger partial charge in [-0.25, -0.2) is 0 Å². The smallest absolute Gasteiger partial charge is 0.237 e. The summed E-state index contributed by atoms with van der Waals surface area (Å²) < 4.78 is 0. The highest BCUT2D eigenvalue weighted by molar-refractivity contribution is 5.93. The Morgan fingerprint density at radius 2 is 2.24 bits per heavy atom. The summed E-state index contributed by atoms with van der Waals surface area (Å²) in [7, 11) is 0. The normalized spacial score (nSPS) is 22.3. The highest BCUT2D eigenvalue weighted by atomic mass is 16.2. The van der Waals surface area contributed by atoms with Crippen LogP contribution in [0.15, 0.2) is 18.2 Å². The number of carbonyl (C=O) groups is 2. The van der Waals surface area contributed by atoms with E-state index in [1.54, 1.807) is 0 Å². The molecular weight excluding hydrogens is 266 g/mol. The molecule has 2 heterocycles. The Kier molecular flexibility index (Phi) is 3.92. The molecule has 1 aromatic rings. The van der Waals surface area contributed by atoms with Gasteiger partial charge in [-0.2, -0.15) is 0 Å². The van der Waals surface area contributed by atoms with Crippen LogP contribution in [0.2, 0.25) is 0 Å². The number of aryl methyl sites for hydroxylation is 1. The lowest BCUT2D eigenvalue weighted by Gasteiger charge is -2.21. The molecule has 112 valence electrons. The first kappa shape index (κ1) is 14.1. The highest BCUT2D eigenvalue weighted by Crippen LogP contribution is 2.26. The van der Waals surface area contributed by atoms with Crippen molar-refractivity contribution in [1.29, 1.82) is 0 Å². The quantitative estimate of drug-likeness (QED) is 0.789. The molecule has 3 rings (SSSR count). The molecule has 0 aliphatic carbocycles. The summed E-state index contributed by atoms with van der Waals surface area (Å²) in [6, 6.07) is 5.91. The van der Waals surface area contributed by atoms with E-state index in [1.807, 2.05) is 19.1 Å². The van der Waals surface area contributed by atoms with E-state index in [9.17, 15) is 9.59 Å². The zero-order chi connectivity index (χ0) is 14.8. The molecule has 21 heavy (non-hydrogen) atoms. The molecule has 2 atom stereocenters. The number of amides is 2. The molecule has 5 nitrogen and oxygen atoms in total. The van der Waals surface area contributed by atoms with Crippen LogP contribution in [0.1, 0.15) is 43.4 Å². The summed E-state index contributed by atoms with van der Waals surface area (Å²) in [5.41, 5.74) is 3.12. The Bertz CT molecular complexity index is 565. The van der Waals surface area contributed by atoms with Gasteiger partial charge in [0.1, 0.15) is 0 Å². The first-order chi connectivity index (χ1) is 10.1. The van der Waals surface area contributed by atoms with Crippen molar-refractivity contribution in [2.45, 2.75) is 44.7 Å². The lowest BCUT2D eigenvalue weighted by Crippen LogP contribution is -2.41. The van der Waals surface area contributed by atoms with E-state index in [-0.39, 0.29) is 23.9 Å². The minimum atomic E-state index is -0.0515. The summed E-state index contributed by atoms with van der Waals surface area (Å²) >= 11 is 0. The van der Waals surface area contributed by atoms with Crippen LogP contribution in [0.3, 0.4) is 0 Å². The second-order valence-corrected chi connectivity index (χ2v) is 5.84. The molecule has 1 saturated heterocycles. The van der Waals surface area contributed by atoms with Crippen LogP contribution in [-0.2, 0) is 16.0 Å². The van der Waals surface area contributed by atoms with Crippen molar-refractivity contribution in [2.75, 3.05) is 11.9 Å². The number of nitrogens with one attached hydrogen (secondary N) is 3. The van der Waals surface area contributed by atoms with Gasteiger partial charge in [0.05, 0.1) is 12.1 Å². The van der Waals surface area contributed by atoms with Crippen LogP contribution in [0.25, 0.3) is 0 Å². The largest absolute Gasteiger partial charge is 0.348 e. The molecule has 2 aliphatic heterocycles. The number of rotatable bonds is 3. The van der Waals surface area contributed by atoms with Crippen molar-refractivity contribution in [3.63, 3.8) is 0 Å². The molecule has 0 aromatic heterocycles. The average Bonchev–Trinajstić information content (AvgIpc) is 3.01. The highest BCUT2D eigenvalue weighted by Gasteiger charge is 2.24. The summed E-state index contributed by atoms with van der Waals surface area (Å²) in [5.74, 6) is 0.148. The van der Waals surface area contributed by atoms with Crippen LogP contribution >= 0.6 is 0 Å². The fraction of sp³-hybridized carbons (Fsp3) is 0.500. The third kappa shape index (κ3) is 3.08. The Hall–Kier alpha value is -1.88. The van der Waals surface area contributed by atoms with Crippen LogP contribution in [0.5, 0.6) is 0 Å². The lowest BCUT2D eigenvalue weighted by atomic mass is 9.97. The van der Waals surface area contributed by atoms with Crippen LogP contribution in [0.4, 0.5) is 5.69 Å². The van der Waals surface area contributed by atoms with Gasteiger partial charge in [-0.1, -0.05) is 12.1 Å². The SMILES string of the molecule is CC(NC(=O)C1CCCN1)c1ccc2c(c1)CCC(=O)N2. The number of benzene rings is 1. The Balaban J connectivity index is 1.68. The minimum absolute atomic E-state index is 0.0252. The van der Waals surface area contributed by atoms with E-state index < -0.39 is 0 Å². The Morgan fingerprint density at radius 1 is 1.38 bits per heavy atom. The lowest BCUT2D eigenvalue weighted by molar-refractivity contribution is -0.123. The molecule has 0 spiro atoms. The van der Waals surface area contributed by atoms with E-state index in [0.717, 1.165) is 42.6 Å². The van der Waals surface area contributed by atoms with Gasteiger partial charge < -0.3 is 16.0 Å². The zero-order valence-electron chi connectivity index (χ0n) is 12.2. The minimum Gasteiger partial charge on any atom is -0.348 e. The summed E-state index contributed by atoms with van der Waals surface area (Å²) in [5, 5.41) is 9.15. The second kappa shape index (κ2) is 5.85. The van der Waals surface area contributed by atoms with Crippen molar-refractivity contribution >= 4 is 17.5 Å². The topological polar surface area (TPSA) is 70.2 Å². The molecule has 2 aliphatic rings. The van der Waals surface area contributed by atoms with Gasteiger partial charge in [-0.3, -0.25) is 9.59 Å². The van der Waals surface area contributed by atoms with Crippen molar-refractivity contribution in [3.05, 3.63) is 29.3 Å². The number of fused-ring (bicyclic) bond motifs is 1. The van der Waals surface area contributed by atoms with E-state index in [2.05, 4.69) is 22.0 Å². The average molecular weight is 287 g/mol. The number of carbonyl (C=O) groups excluding carboxylic acids is 2. The molecule has 0 radical (unpaired) electrons. The van der Waals surface area contributed by atoms with E-state index in [0.29, 0.717) is 6.42 Å². The predicted octanol–water partition coefficient (Wildman–Crippen LogP) is 1.50. The first-order valence-corrected chi connectivity index (χ1v) is 7.60. The zero-order valence-corrected chi connectivity index (χ0v) is 12.2. The predicted molar refractivity (Wildman–Crippen MR) is 81.0 cm³/mol. The molecular formula is C16H21N3O2. The van der Waals surface area contributed by atoms with Gasteiger partial charge in [-0.05, 0) is 49.9 Å². The molecule has 1 aromatic carbocycles. The molecule has 2 amide bonds. The van der Waals surface area contributed by atoms with Crippen LogP contribution in [-0.4, -0.2) is 24.4 Å². The van der Waals surface area contributed by atoms with Gasteiger partial charge in [0.25, 0.3) is 0 Å². The molecule has 3 N–H and O–H groups in total. The maximum absolute atomic E-state index is 12.1. The van der Waals surface area contributed by atoms with Gasteiger partial charge in [0, 0.05) is 12.1 Å². The van der Waals surface area contributed by atoms with Crippen molar-refractivity contribution in [3.8, 4) is 0 Å². The standard InChI is InChI=1S/C16H21N3O2/c1-10(18-16(21)14-3-2-8-17-14)11-4-6-13-12(9-11)5-7-15(20)19-13/h4,6,9-10,14,17H,2-3,5,7-8H2,1H3,(H,18,21)(H,19,20). The molecule has 5 heteroatoms. The second-order valence-electron chi connectivity index (χ2n) is 5.84. The fourth-order valence-electron chi connectivity index (χ4n) is 2.98. The molecule has 2 unspecified atom stereocenters. The van der Waals surface area contributed by atoms with Crippen LogP contribution < -0.4 is 16.0 Å².